The number of nitrogens with zero attached hydrogens (tertiary/aromatic N) is 2. The lowest BCUT2D eigenvalue weighted by atomic mass is 10.0. The highest BCUT2D eigenvalue weighted by molar-refractivity contribution is 6.31. The number of carboxylic acids is 1. The van der Waals surface area contributed by atoms with Gasteiger partial charge in [-0.1, -0.05) is 29.3 Å². The summed E-state index contributed by atoms with van der Waals surface area (Å²) in [6, 6.07) is 12.3. The van der Waals surface area contributed by atoms with Crippen LogP contribution in [0.4, 0.5) is 0 Å². The summed E-state index contributed by atoms with van der Waals surface area (Å²) in [7, 11) is 0. The van der Waals surface area contributed by atoms with Gasteiger partial charge in [0.25, 0.3) is 5.91 Å². The van der Waals surface area contributed by atoms with Crippen LogP contribution in [-0.2, 0) is 24.3 Å². The molecule has 1 aromatic heterocycles. The highest BCUT2D eigenvalue weighted by Crippen LogP contribution is 2.33. The number of carboxylic acid groups (broad SMARTS) is 1. The van der Waals surface area contributed by atoms with Crippen molar-refractivity contribution in [2.75, 3.05) is 6.54 Å². The molecule has 0 unspecified atom stereocenters. The number of benzene rings is 2. The summed E-state index contributed by atoms with van der Waals surface area (Å²) in [5.41, 5.74) is 3.27. The summed E-state index contributed by atoms with van der Waals surface area (Å²) in [6.45, 7) is 0.807. The molecule has 0 saturated carbocycles. The molecule has 3 aromatic rings. The van der Waals surface area contributed by atoms with Gasteiger partial charge in [-0.25, -0.2) is 0 Å². The Bertz CT molecular complexity index is 1070. The molecule has 2 aromatic carbocycles. The number of fused-ring (bicyclic) bond motifs is 3. The van der Waals surface area contributed by atoms with E-state index in [2.05, 4.69) is 0 Å². The largest absolute Gasteiger partial charge is 0.480 e. The monoisotopic (exact) mass is 402 g/mol. The number of rotatable bonds is 3. The molecular weight excluding hydrogens is 387 g/mol. The second-order valence-electron chi connectivity index (χ2n) is 6.55. The lowest BCUT2D eigenvalue weighted by molar-refractivity contribution is -0.137. The Balaban J connectivity index is 1.76. The molecule has 1 aliphatic rings. The molecule has 0 aliphatic carbocycles. The molecule has 0 atom stereocenters. The molecule has 2 heterocycles. The third-order valence-corrected chi connectivity index (χ3v) is 5.34. The second-order valence-corrected chi connectivity index (χ2v) is 7.43. The average Bonchev–Trinajstić information content (AvgIpc) is 2.93. The quantitative estimate of drug-likeness (QED) is 0.712. The summed E-state index contributed by atoms with van der Waals surface area (Å²) in [5, 5.41) is 11.3. The molecular formula is C20H16Cl2N2O3. The van der Waals surface area contributed by atoms with Crippen molar-refractivity contribution in [3.8, 4) is 0 Å². The van der Waals surface area contributed by atoms with Gasteiger partial charge in [-0.15, -0.1) is 0 Å². The predicted octanol–water partition coefficient (Wildman–Crippen LogP) is 4.23. The van der Waals surface area contributed by atoms with Crippen LogP contribution < -0.4 is 0 Å². The molecule has 7 heteroatoms. The molecule has 0 saturated heterocycles. The van der Waals surface area contributed by atoms with E-state index < -0.39 is 5.97 Å². The maximum atomic E-state index is 12.9. The first kappa shape index (κ1) is 17.9. The van der Waals surface area contributed by atoms with Crippen LogP contribution in [0.15, 0.2) is 42.5 Å². The van der Waals surface area contributed by atoms with Gasteiger partial charge in [-0.05, 0) is 36.4 Å². The summed E-state index contributed by atoms with van der Waals surface area (Å²) >= 11 is 12.2. The molecule has 1 N–H and O–H groups in total. The highest BCUT2D eigenvalue weighted by atomic mass is 35.5. The molecule has 1 aliphatic heterocycles. The number of amides is 1. The van der Waals surface area contributed by atoms with Crippen molar-refractivity contribution < 1.29 is 14.7 Å². The van der Waals surface area contributed by atoms with Crippen molar-refractivity contribution in [3.63, 3.8) is 0 Å². The number of carbonyl (C=O) groups excluding carboxylic acids is 1. The van der Waals surface area contributed by atoms with E-state index in [9.17, 15) is 14.7 Å². The van der Waals surface area contributed by atoms with Crippen LogP contribution in [0, 0.1) is 0 Å². The number of aliphatic carboxylic acids is 1. The molecule has 0 bridgehead atoms. The maximum Gasteiger partial charge on any atom is 0.323 e. The van der Waals surface area contributed by atoms with Crippen LogP contribution in [0.5, 0.6) is 0 Å². The fourth-order valence-corrected chi connectivity index (χ4v) is 4.08. The van der Waals surface area contributed by atoms with Crippen LogP contribution in [0.25, 0.3) is 10.9 Å². The standard InChI is InChI=1S/C20H16Cl2N2O3/c21-13-3-1-2-12(8-13)20(27)23-7-6-18-16(10-23)15-9-14(22)4-5-17(15)24(18)11-19(25)26/h1-5,8-9H,6-7,10-11H2,(H,25,26). The van der Waals surface area contributed by atoms with Crippen molar-refractivity contribution in [2.24, 2.45) is 0 Å². The van der Waals surface area contributed by atoms with Gasteiger partial charge < -0.3 is 14.6 Å². The van der Waals surface area contributed by atoms with Crippen molar-refractivity contribution in [2.45, 2.75) is 19.5 Å². The van der Waals surface area contributed by atoms with Crippen LogP contribution in [0.1, 0.15) is 21.6 Å². The SMILES string of the molecule is O=C(O)Cn1c2c(c3cc(Cl)ccc31)CN(C(=O)c1cccc(Cl)c1)CC2. The smallest absolute Gasteiger partial charge is 0.323 e. The Labute approximate surface area is 165 Å². The lowest BCUT2D eigenvalue weighted by Gasteiger charge is -2.28. The number of carbonyl (C=O) groups is 2. The Morgan fingerprint density at radius 1 is 1.07 bits per heavy atom. The van der Waals surface area contributed by atoms with Crippen molar-refractivity contribution >= 4 is 46.0 Å². The lowest BCUT2D eigenvalue weighted by Crippen LogP contribution is -2.36. The van der Waals surface area contributed by atoms with Gasteiger partial charge in [0.15, 0.2) is 0 Å². The summed E-state index contributed by atoms with van der Waals surface area (Å²) in [6.07, 6.45) is 0.585. The van der Waals surface area contributed by atoms with E-state index in [1.807, 2.05) is 16.7 Å². The minimum Gasteiger partial charge on any atom is -0.480 e. The molecule has 4 rings (SSSR count). The fraction of sp³-hybridized carbons (Fsp3) is 0.200. The van der Waals surface area contributed by atoms with E-state index in [1.54, 1.807) is 35.2 Å². The Kier molecular flexibility index (Phi) is 4.58. The maximum absolute atomic E-state index is 12.9. The highest BCUT2D eigenvalue weighted by Gasteiger charge is 2.28. The van der Waals surface area contributed by atoms with Crippen LogP contribution in [-0.4, -0.2) is 33.0 Å². The minimum absolute atomic E-state index is 0.0932. The molecule has 1 amide bonds. The van der Waals surface area contributed by atoms with Gasteiger partial charge in [0.1, 0.15) is 6.54 Å². The average molecular weight is 403 g/mol. The minimum atomic E-state index is -0.901. The Hall–Kier alpha value is -2.50. The fourth-order valence-electron chi connectivity index (χ4n) is 3.72. The third-order valence-electron chi connectivity index (χ3n) is 4.87. The summed E-state index contributed by atoms with van der Waals surface area (Å²) in [5.74, 6) is -0.994. The van der Waals surface area contributed by atoms with Crippen LogP contribution in [0.3, 0.4) is 0 Å². The van der Waals surface area contributed by atoms with Gasteiger partial charge in [-0.2, -0.15) is 0 Å². The van der Waals surface area contributed by atoms with Crippen molar-refractivity contribution in [1.29, 1.82) is 0 Å². The van der Waals surface area contributed by atoms with Crippen LogP contribution in [0.2, 0.25) is 10.0 Å². The van der Waals surface area contributed by atoms with Gasteiger partial charge in [0.05, 0.1) is 0 Å². The molecule has 5 nitrogen and oxygen atoms in total. The zero-order valence-electron chi connectivity index (χ0n) is 14.3. The number of hydrogen-bond acceptors (Lipinski definition) is 2. The number of halogens is 2. The molecule has 0 radical (unpaired) electrons. The van der Waals surface area contributed by atoms with E-state index in [0.717, 1.165) is 22.2 Å². The van der Waals surface area contributed by atoms with Crippen molar-refractivity contribution in [1.82, 2.24) is 9.47 Å². The number of hydrogen-bond donors (Lipinski definition) is 1. The summed E-state index contributed by atoms with van der Waals surface area (Å²) < 4.78 is 1.81. The van der Waals surface area contributed by atoms with E-state index in [4.69, 9.17) is 23.2 Å². The van der Waals surface area contributed by atoms with Gasteiger partial charge in [0, 0.05) is 57.3 Å². The first-order chi connectivity index (χ1) is 12.9. The van der Waals surface area contributed by atoms with Crippen molar-refractivity contribution in [3.05, 3.63) is 69.3 Å². The number of aromatic nitrogens is 1. The Morgan fingerprint density at radius 2 is 1.85 bits per heavy atom. The zero-order valence-corrected chi connectivity index (χ0v) is 15.8. The van der Waals surface area contributed by atoms with E-state index in [1.165, 1.54) is 0 Å². The first-order valence-corrected chi connectivity index (χ1v) is 9.26. The molecule has 27 heavy (non-hydrogen) atoms. The van der Waals surface area contributed by atoms with Gasteiger partial charge in [0.2, 0.25) is 0 Å². The normalized spacial score (nSPS) is 13.6. The van der Waals surface area contributed by atoms with Gasteiger partial charge >= 0.3 is 5.97 Å². The zero-order chi connectivity index (χ0) is 19.1. The first-order valence-electron chi connectivity index (χ1n) is 8.50. The van der Waals surface area contributed by atoms with Crippen LogP contribution >= 0.6 is 23.2 Å². The molecule has 0 fully saturated rings. The topological polar surface area (TPSA) is 62.5 Å². The molecule has 138 valence electrons. The van der Waals surface area contributed by atoms with E-state index in [0.29, 0.717) is 35.1 Å². The van der Waals surface area contributed by atoms with E-state index in [-0.39, 0.29) is 12.5 Å². The summed E-state index contributed by atoms with van der Waals surface area (Å²) in [4.78, 5) is 26.0. The second kappa shape index (κ2) is 6.91. The predicted molar refractivity (Wildman–Crippen MR) is 104 cm³/mol. The Morgan fingerprint density at radius 3 is 2.59 bits per heavy atom. The third kappa shape index (κ3) is 3.29. The van der Waals surface area contributed by atoms with E-state index >= 15 is 0 Å². The van der Waals surface area contributed by atoms with Gasteiger partial charge in [-0.3, -0.25) is 9.59 Å². The molecule has 0 spiro atoms.